The molecule has 3 fully saturated rings. The van der Waals surface area contributed by atoms with Crippen LogP contribution in [0.2, 0.25) is 0 Å². The van der Waals surface area contributed by atoms with Crippen LogP contribution >= 0.6 is 0 Å². The van der Waals surface area contributed by atoms with Crippen molar-refractivity contribution in [1.82, 2.24) is 14.5 Å². The lowest BCUT2D eigenvalue weighted by molar-refractivity contribution is 0.0458. The van der Waals surface area contributed by atoms with Crippen molar-refractivity contribution in [1.29, 1.82) is 0 Å². The summed E-state index contributed by atoms with van der Waals surface area (Å²) >= 11 is 0. The Labute approximate surface area is 183 Å². The maximum Gasteiger partial charge on any atom is 0.0703 e. The maximum absolute atomic E-state index is 4.79. The minimum absolute atomic E-state index is 0.532. The molecule has 4 aromatic rings. The van der Waals surface area contributed by atoms with Crippen LogP contribution in [0.3, 0.4) is 0 Å². The summed E-state index contributed by atoms with van der Waals surface area (Å²) in [6.07, 6.45) is 6.77. The Morgan fingerprint density at radius 1 is 0.935 bits per heavy atom. The van der Waals surface area contributed by atoms with Gasteiger partial charge in [0.25, 0.3) is 0 Å². The van der Waals surface area contributed by atoms with E-state index >= 15 is 0 Å². The molecule has 2 aromatic carbocycles. The van der Waals surface area contributed by atoms with Crippen molar-refractivity contribution >= 4 is 16.6 Å². The van der Waals surface area contributed by atoms with Gasteiger partial charge in [-0.2, -0.15) is 0 Å². The monoisotopic (exact) mass is 408 g/mol. The molecule has 4 nitrogen and oxygen atoms in total. The minimum Gasteiger partial charge on any atom is -0.379 e. The van der Waals surface area contributed by atoms with Crippen molar-refractivity contribution in [2.24, 2.45) is 5.92 Å². The van der Waals surface area contributed by atoms with Gasteiger partial charge in [-0.25, -0.2) is 0 Å². The Bertz CT molecular complexity index is 1190. The summed E-state index contributed by atoms with van der Waals surface area (Å²) in [7, 11) is 0. The molecule has 2 bridgehead atoms. The molecule has 4 heteroatoms. The van der Waals surface area contributed by atoms with Gasteiger partial charge in [0.2, 0.25) is 0 Å². The summed E-state index contributed by atoms with van der Waals surface area (Å²) in [4.78, 5) is 7.41. The third-order valence-corrected chi connectivity index (χ3v) is 7.29. The van der Waals surface area contributed by atoms with E-state index in [0.29, 0.717) is 12.1 Å². The lowest BCUT2D eigenvalue weighted by atomic mass is 9.79. The molecule has 3 aliphatic heterocycles. The predicted octanol–water partition coefficient (Wildman–Crippen LogP) is 5.59. The molecule has 2 aromatic heterocycles. The molecule has 31 heavy (non-hydrogen) atoms. The van der Waals surface area contributed by atoms with Gasteiger partial charge in [0.15, 0.2) is 0 Å². The highest BCUT2D eigenvalue weighted by Crippen LogP contribution is 2.34. The zero-order valence-electron chi connectivity index (χ0n) is 17.9. The van der Waals surface area contributed by atoms with Crippen LogP contribution in [0.15, 0.2) is 79.1 Å². The van der Waals surface area contributed by atoms with Crippen molar-refractivity contribution in [2.75, 3.05) is 18.4 Å². The Hall–Kier alpha value is -3.11. The number of hydrogen-bond donors (Lipinski definition) is 1. The number of rotatable bonds is 4. The summed E-state index contributed by atoms with van der Waals surface area (Å²) in [6.45, 7) is 4.88. The zero-order chi connectivity index (χ0) is 20.8. The number of fused-ring (bicyclic) bond motifs is 4. The molecular weight excluding hydrogens is 380 g/mol. The second-order valence-electron chi connectivity index (χ2n) is 9.01. The van der Waals surface area contributed by atoms with Gasteiger partial charge in [-0.1, -0.05) is 24.3 Å². The third-order valence-electron chi connectivity index (χ3n) is 7.29. The van der Waals surface area contributed by atoms with E-state index in [1.165, 1.54) is 42.5 Å². The maximum atomic E-state index is 4.79. The number of nitrogens with zero attached hydrogens (tertiary/aromatic N) is 3. The van der Waals surface area contributed by atoms with Crippen LogP contribution in [0.4, 0.5) is 5.69 Å². The van der Waals surface area contributed by atoms with Gasteiger partial charge in [-0.15, -0.1) is 0 Å². The van der Waals surface area contributed by atoms with Crippen LogP contribution in [0.1, 0.15) is 19.8 Å². The van der Waals surface area contributed by atoms with Gasteiger partial charge in [0, 0.05) is 34.9 Å². The first-order valence-corrected chi connectivity index (χ1v) is 11.4. The fraction of sp³-hybridized carbons (Fsp3) is 0.296. The highest BCUT2D eigenvalue weighted by atomic mass is 15.2. The summed E-state index contributed by atoms with van der Waals surface area (Å²) in [5.74, 6) is 0.788. The molecule has 0 saturated carbocycles. The number of aromatic nitrogens is 2. The lowest BCUT2D eigenvalue weighted by Gasteiger charge is -2.50. The predicted molar refractivity (Wildman–Crippen MR) is 128 cm³/mol. The molecule has 0 amide bonds. The smallest absolute Gasteiger partial charge is 0.0703 e. The molecule has 0 spiro atoms. The van der Waals surface area contributed by atoms with Crippen molar-refractivity contribution in [3.63, 3.8) is 0 Å². The first kappa shape index (κ1) is 18.6. The van der Waals surface area contributed by atoms with Crippen molar-refractivity contribution in [3.8, 4) is 16.9 Å². The van der Waals surface area contributed by atoms with Gasteiger partial charge in [-0.05, 0) is 81.2 Å². The van der Waals surface area contributed by atoms with E-state index in [9.17, 15) is 0 Å². The largest absolute Gasteiger partial charge is 0.379 e. The van der Waals surface area contributed by atoms with Gasteiger partial charge < -0.3 is 9.88 Å². The second kappa shape index (κ2) is 7.54. The Morgan fingerprint density at radius 3 is 2.52 bits per heavy atom. The Kier molecular flexibility index (Phi) is 4.53. The molecule has 1 N–H and O–H groups in total. The van der Waals surface area contributed by atoms with Crippen LogP contribution < -0.4 is 5.32 Å². The average Bonchev–Trinajstić information content (AvgIpc) is 3.26. The summed E-state index contributed by atoms with van der Waals surface area (Å²) in [5.41, 5.74) is 5.69. The topological polar surface area (TPSA) is 33.1 Å². The molecule has 2 atom stereocenters. The van der Waals surface area contributed by atoms with E-state index in [1.54, 1.807) is 0 Å². The Morgan fingerprint density at radius 2 is 1.77 bits per heavy atom. The van der Waals surface area contributed by atoms with Gasteiger partial charge in [0.05, 0.1) is 23.1 Å². The first-order valence-electron chi connectivity index (χ1n) is 11.4. The Balaban J connectivity index is 1.23. The minimum atomic E-state index is 0.532. The van der Waals surface area contributed by atoms with Crippen LogP contribution in [-0.2, 0) is 0 Å². The highest BCUT2D eigenvalue weighted by Gasteiger charge is 2.39. The molecule has 5 heterocycles. The fourth-order valence-electron chi connectivity index (χ4n) is 5.50. The van der Waals surface area contributed by atoms with E-state index in [4.69, 9.17) is 4.98 Å². The van der Waals surface area contributed by atoms with Gasteiger partial charge in [0.1, 0.15) is 0 Å². The quantitative estimate of drug-likeness (QED) is 0.478. The van der Waals surface area contributed by atoms with E-state index < -0.39 is 0 Å². The van der Waals surface area contributed by atoms with Crippen molar-refractivity contribution < 1.29 is 0 Å². The summed E-state index contributed by atoms with van der Waals surface area (Å²) < 4.78 is 2.23. The number of para-hydroxylation sites is 1. The molecule has 156 valence electrons. The second-order valence-corrected chi connectivity index (χ2v) is 9.01. The number of pyridine rings is 1. The normalized spacial score (nSPS) is 25.1. The number of anilines is 1. The summed E-state index contributed by atoms with van der Waals surface area (Å²) in [5, 5.41) is 5.01. The van der Waals surface area contributed by atoms with Crippen LogP contribution in [0.25, 0.3) is 27.8 Å². The lowest BCUT2D eigenvalue weighted by Crippen LogP contribution is -2.59. The van der Waals surface area contributed by atoms with E-state index in [2.05, 4.69) is 94.6 Å². The fourth-order valence-corrected chi connectivity index (χ4v) is 5.50. The SMILES string of the molecule is C[C@@H]1[C@H](Nc2ccc(-c3ccc4c(ccn4-c4ccccc4)c3)nc2)C2CCN1CC2. The molecule has 0 unspecified atom stereocenters. The van der Waals surface area contributed by atoms with E-state index in [1.807, 2.05) is 6.20 Å². The third kappa shape index (κ3) is 3.31. The van der Waals surface area contributed by atoms with Crippen LogP contribution in [0.5, 0.6) is 0 Å². The van der Waals surface area contributed by atoms with Crippen LogP contribution in [0, 0.1) is 5.92 Å². The first-order chi connectivity index (χ1) is 15.3. The van der Waals surface area contributed by atoms with Crippen LogP contribution in [-0.4, -0.2) is 39.6 Å². The number of piperidine rings is 3. The molecule has 7 rings (SSSR count). The molecule has 3 aliphatic rings. The number of nitrogens with one attached hydrogen (secondary N) is 1. The molecule has 3 saturated heterocycles. The number of hydrogen-bond acceptors (Lipinski definition) is 3. The number of benzene rings is 2. The van der Waals surface area contributed by atoms with Crippen molar-refractivity contribution in [3.05, 3.63) is 79.1 Å². The average molecular weight is 409 g/mol. The summed E-state index contributed by atoms with van der Waals surface area (Å²) in [6, 6.07) is 24.7. The molecular formula is C27H28N4. The van der Waals surface area contributed by atoms with Gasteiger partial charge in [-0.3, -0.25) is 9.88 Å². The zero-order valence-corrected chi connectivity index (χ0v) is 17.9. The molecule has 0 aliphatic carbocycles. The molecule has 0 radical (unpaired) electrons. The van der Waals surface area contributed by atoms with Gasteiger partial charge >= 0.3 is 0 Å². The van der Waals surface area contributed by atoms with Crippen molar-refractivity contribution in [2.45, 2.75) is 31.8 Å². The standard InChI is InChI=1S/C27H28N4/c1-19-27(20-11-14-30(19)15-12-20)29-23-8-9-25(28-18-23)21-7-10-26-22(17-21)13-16-31(26)24-5-3-2-4-6-24/h2-10,13,16-20,27,29H,11-12,14-15H2,1H3/t19-,27+/m1/s1. The highest BCUT2D eigenvalue weighted by molar-refractivity contribution is 5.86. The van der Waals surface area contributed by atoms with E-state index in [0.717, 1.165) is 22.9 Å². The van der Waals surface area contributed by atoms with E-state index in [-0.39, 0.29) is 0 Å².